The molecule has 0 spiro atoms. The third kappa shape index (κ3) is 1.79. The largest absolute Gasteiger partial charge is 0.369 e. The Labute approximate surface area is 115 Å². The van der Waals surface area contributed by atoms with E-state index in [-0.39, 0.29) is 0 Å². The number of aromatic nitrogens is 2. The fourth-order valence-electron chi connectivity index (χ4n) is 2.70. The van der Waals surface area contributed by atoms with E-state index in [2.05, 4.69) is 51.0 Å². The van der Waals surface area contributed by atoms with Gasteiger partial charge in [0.2, 0.25) is 0 Å². The van der Waals surface area contributed by atoms with Crippen LogP contribution in [0.3, 0.4) is 0 Å². The number of nitrogens with zero attached hydrogens (tertiary/aromatic N) is 2. The standard InChI is InChI=1S/C15H13N3S/c1-2-4-12-10(3-1)7-11(12)8-16-14-13-5-6-19-15(13)18-9-17-14/h1-6,9,11H,7-8H2,(H,16,17,18)/t11-/m1/s1. The first-order valence-electron chi connectivity index (χ1n) is 6.42. The van der Waals surface area contributed by atoms with Crippen molar-refractivity contribution in [2.24, 2.45) is 0 Å². The van der Waals surface area contributed by atoms with Crippen LogP contribution >= 0.6 is 11.3 Å². The maximum Gasteiger partial charge on any atom is 0.138 e. The number of fused-ring (bicyclic) bond motifs is 2. The SMILES string of the molecule is c1ccc2c(c1)C[C@@H]2CNc1ncnc2sccc12. The van der Waals surface area contributed by atoms with Crippen molar-refractivity contribution in [3.8, 4) is 0 Å². The van der Waals surface area contributed by atoms with Crippen molar-refractivity contribution in [1.82, 2.24) is 9.97 Å². The third-order valence-corrected chi connectivity index (χ3v) is 4.56. The highest BCUT2D eigenvalue weighted by Gasteiger charge is 2.25. The summed E-state index contributed by atoms with van der Waals surface area (Å²) in [7, 11) is 0. The Hall–Kier alpha value is -1.94. The third-order valence-electron chi connectivity index (χ3n) is 3.74. The summed E-state index contributed by atoms with van der Waals surface area (Å²) < 4.78 is 0. The van der Waals surface area contributed by atoms with Crippen LogP contribution in [0.2, 0.25) is 0 Å². The van der Waals surface area contributed by atoms with E-state index < -0.39 is 0 Å². The topological polar surface area (TPSA) is 37.8 Å². The van der Waals surface area contributed by atoms with Gasteiger partial charge in [0.05, 0.1) is 5.39 Å². The van der Waals surface area contributed by atoms with Gasteiger partial charge in [0.25, 0.3) is 0 Å². The smallest absolute Gasteiger partial charge is 0.138 e. The van der Waals surface area contributed by atoms with Crippen molar-refractivity contribution in [1.29, 1.82) is 0 Å². The summed E-state index contributed by atoms with van der Waals surface area (Å²) in [6, 6.07) is 10.8. The Balaban J connectivity index is 1.53. The van der Waals surface area contributed by atoms with Crippen molar-refractivity contribution < 1.29 is 0 Å². The molecule has 3 aromatic rings. The van der Waals surface area contributed by atoms with E-state index in [1.807, 2.05) is 0 Å². The highest BCUT2D eigenvalue weighted by Crippen LogP contribution is 2.35. The normalized spacial score (nSPS) is 16.9. The minimum Gasteiger partial charge on any atom is -0.369 e. The number of thiophene rings is 1. The lowest BCUT2D eigenvalue weighted by Crippen LogP contribution is -2.24. The molecule has 94 valence electrons. The van der Waals surface area contributed by atoms with Gasteiger partial charge in [-0.05, 0) is 29.0 Å². The molecule has 0 radical (unpaired) electrons. The molecule has 0 unspecified atom stereocenters. The molecule has 1 aliphatic rings. The summed E-state index contributed by atoms with van der Waals surface area (Å²) in [5.74, 6) is 1.57. The highest BCUT2D eigenvalue weighted by molar-refractivity contribution is 7.16. The average Bonchev–Trinajstić information content (AvgIpc) is 2.89. The zero-order valence-corrected chi connectivity index (χ0v) is 11.2. The predicted octanol–water partition coefficient (Wildman–Crippen LogP) is 3.44. The number of anilines is 1. The minimum atomic E-state index is 0.611. The van der Waals surface area contributed by atoms with Crippen molar-refractivity contribution in [2.45, 2.75) is 12.3 Å². The van der Waals surface area contributed by atoms with E-state index in [0.717, 1.165) is 22.6 Å². The Kier molecular flexibility index (Phi) is 2.48. The van der Waals surface area contributed by atoms with Gasteiger partial charge in [0.15, 0.2) is 0 Å². The van der Waals surface area contributed by atoms with Crippen LogP contribution in [-0.2, 0) is 6.42 Å². The van der Waals surface area contributed by atoms with Gasteiger partial charge >= 0.3 is 0 Å². The molecular weight excluding hydrogens is 254 g/mol. The van der Waals surface area contributed by atoms with Crippen LogP contribution in [0.5, 0.6) is 0 Å². The zero-order chi connectivity index (χ0) is 12.7. The molecule has 4 rings (SSSR count). The molecule has 0 fully saturated rings. The number of hydrogen-bond donors (Lipinski definition) is 1. The maximum atomic E-state index is 4.35. The second kappa shape index (κ2) is 4.31. The van der Waals surface area contributed by atoms with Crippen molar-refractivity contribution >= 4 is 27.4 Å². The first kappa shape index (κ1) is 10.9. The summed E-state index contributed by atoms with van der Waals surface area (Å²) >= 11 is 1.65. The average molecular weight is 267 g/mol. The summed E-state index contributed by atoms with van der Waals surface area (Å²) in [6.07, 6.45) is 2.80. The molecule has 0 amide bonds. The first-order valence-corrected chi connectivity index (χ1v) is 7.29. The van der Waals surface area contributed by atoms with Crippen molar-refractivity contribution in [3.63, 3.8) is 0 Å². The number of nitrogens with one attached hydrogen (secondary N) is 1. The quantitative estimate of drug-likeness (QED) is 0.790. The monoisotopic (exact) mass is 267 g/mol. The van der Waals surface area contributed by atoms with E-state index in [9.17, 15) is 0 Å². The van der Waals surface area contributed by atoms with Crippen LogP contribution in [0.4, 0.5) is 5.82 Å². The van der Waals surface area contributed by atoms with Gasteiger partial charge < -0.3 is 5.32 Å². The van der Waals surface area contributed by atoms with E-state index in [0.29, 0.717) is 5.92 Å². The van der Waals surface area contributed by atoms with E-state index in [1.165, 1.54) is 17.5 Å². The highest BCUT2D eigenvalue weighted by atomic mass is 32.1. The van der Waals surface area contributed by atoms with Crippen molar-refractivity contribution in [2.75, 3.05) is 11.9 Å². The predicted molar refractivity (Wildman–Crippen MR) is 78.8 cm³/mol. The molecule has 2 heterocycles. The number of rotatable bonds is 3. The molecule has 1 atom stereocenters. The first-order chi connectivity index (χ1) is 9.42. The summed E-state index contributed by atoms with van der Waals surface area (Å²) in [6.45, 7) is 0.943. The van der Waals surface area contributed by atoms with Gasteiger partial charge in [0.1, 0.15) is 17.0 Å². The summed E-state index contributed by atoms with van der Waals surface area (Å²) in [5.41, 5.74) is 2.96. The number of hydrogen-bond acceptors (Lipinski definition) is 4. The molecule has 1 aromatic carbocycles. The molecule has 0 saturated carbocycles. The molecule has 2 aromatic heterocycles. The van der Waals surface area contributed by atoms with Gasteiger partial charge in [-0.2, -0.15) is 0 Å². The second-order valence-corrected chi connectivity index (χ2v) is 5.74. The molecule has 1 N–H and O–H groups in total. The fraction of sp³-hybridized carbons (Fsp3) is 0.200. The second-order valence-electron chi connectivity index (χ2n) is 4.84. The van der Waals surface area contributed by atoms with Gasteiger partial charge in [-0.15, -0.1) is 11.3 Å². The van der Waals surface area contributed by atoms with Crippen molar-refractivity contribution in [3.05, 3.63) is 53.2 Å². The van der Waals surface area contributed by atoms with E-state index in [4.69, 9.17) is 0 Å². The molecule has 0 aliphatic heterocycles. The molecule has 0 bridgehead atoms. The molecule has 0 saturated heterocycles. The maximum absolute atomic E-state index is 4.35. The lowest BCUT2D eigenvalue weighted by atomic mass is 9.77. The van der Waals surface area contributed by atoms with Crippen LogP contribution < -0.4 is 5.32 Å². The lowest BCUT2D eigenvalue weighted by Gasteiger charge is -2.30. The van der Waals surface area contributed by atoms with Gasteiger partial charge in [-0.25, -0.2) is 9.97 Å². The van der Waals surface area contributed by atoms with Crippen LogP contribution in [0.25, 0.3) is 10.2 Å². The fourth-order valence-corrected chi connectivity index (χ4v) is 3.43. The molecular formula is C15H13N3S. The Morgan fingerprint density at radius 1 is 1.21 bits per heavy atom. The van der Waals surface area contributed by atoms with Crippen LogP contribution in [-0.4, -0.2) is 16.5 Å². The Morgan fingerprint density at radius 2 is 2.16 bits per heavy atom. The molecule has 3 nitrogen and oxygen atoms in total. The van der Waals surface area contributed by atoms with Crippen LogP contribution in [0, 0.1) is 0 Å². The lowest BCUT2D eigenvalue weighted by molar-refractivity contribution is 0.635. The summed E-state index contributed by atoms with van der Waals surface area (Å²) in [4.78, 5) is 9.66. The summed E-state index contributed by atoms with van der Waals surface area (Å²) in [5, 5.41) is 6.66. The van der Waals surface area contributed by atoms with Gasteiger partial charge in [-0.3, -0.25) is 0 Å². The minimum absolute atomic E-state index is 0.611. The molecule has 1 aliphatic carbocycles. The van der Waals surface area contributed by atoms with Crippen LogP contribution in [0.1, 0.15) is 17.0 Å². The van der Waals surface area contributed by atoms with Gasteiger partial charge in [0, 0.05) is 12.5 Å². The number of benzene rings is 1. The van der Waals surface area contributed by atoms with Gasteiger partial charge in [-0.1, -0.05) is 24.3 Å². The van der Waals surface area contributed by atoms with Crippen LogP contribution in [0.15, 0.2) is 42.0 Å². The molecule has 4 heteroatoms. The Morgan fingerprint density at radius 3 is 3.11 bits per heavy atom. The molecule has 19 heavy (non-hydrogen) atoms. The van der Waals surface area contributed by atoms with E-state index >= 15 is 0 Å². The van der Waals surface area contributed by atoms with E-state index in [1.54, 1.807) is 17.7 Å². The zero-order valence-electron chi connectivity index (χ0n) is 10.3. The Bertz CT molecular complexity index is 735.